The maximum atomic E-state index is 13.0. The van der Waals surface area contributed by atoms with Crippen LogP contribution in [0.1, 0.15) is 15.9 Å². The normalized spacial score (nSPS) is 10.4. The van der Waals surface area contributed by atoms with Gasteiger partial charge < -0.3 is 4.90 Å². The number of nitrogens with zero attached hydrogens (tertiary/aromatic N) is 1. The van der Waals surface area contributed by atoms with Gasteiger partial charge in [-0.2, -0.15) is 0 Å². The molecule has 20 heavy (non-hydrogen) atoms. The zero-order valence-corrected chi connectivity index (χ0v) is 12.1. The third-order valence-corrected chi connectivity index (χ3v) is 3.42. The third-order valence-electron chi connectivity index (χ3n) is 3.07. The number of hydrogen-bond acceptors (Lipinski definition) is 2. The van der Waals surface area contributed by atoms with Crippen LogP contribution in [0.15, 0.2) is 42.5 Å². The SMILES string of the molecule is CN(C)c1ccc(C(=O)Cc2ccc(F)cc2Cl)cc1. The first-order chi connectivity index (χ1) is 9.47. The highest BCUT2D eigenvalue weighted by molar-refractivity contribution is 6.31. The summed E-state index contributed by atoms with van der Waals surface area (Å²) in [5, 5.41) is 0.281. The quantitative estimate of drug-likeness (QED) is 0.795. The molecule has 0 aliphatic carbocycles. The Morgan fingerprint density at radius 1 is 1.15 bits per heavy atom. The van der Waals surface area contributed by atoms with Gasteiger partial charge in [0.2, 0.25) is 0 Å². The molecule has 0 unspecified atom stereocenters. The molecular formula is C16H15ClFNO. The van der Waals surface area contributed by atoms with Gasteiger partial charge in [-0.1, -0.05) is 17.7 Å². The predicted octanol–water partition coefficient (Wildman–Crippen LogP) is 3.97. The molecule has 0 aromatic heterocycles. The summed E-state index contributed by atoms with van der Waals surface area (Å²) in [5.74, 6) is -0.439. The summed E-state index contributed by atoms with van der Waals surface area (Å²) >= 11 is 5.93. The summed E-state index contributed by atoms with van der Waals surface area (Å²) in [6.07, 6.45) is 0.167. The van der Waals surface area contributed by atoms with Crippen LogP contribution in [0, 0.1) is 5.82 Å². The largest absolute Gasteiger partial charge is 0.378 e. The molecule has 2 aromatic rings. The molecular weight excluding hydrogens is 277 g/mol. The fourth-order valence-electron chi connectivity index (χ4n) is 1.89. The average Bonchev–Trinajstić information content (AvgIpc) is 2.42. The van der Waals surface area contributed by atoms with Gasteiger partial charge in [0.25, 0.3) is 0 Å². The van der Waals surface area contributed by atoms with Crippen molar-refractivity contribution in [3.05, 3.63) is 64.4 Å². The van der Waals surface area contributed by atoms with Crippen molar-refractivity contribution in [3.8, 4) is 0 Å². The van der Waals surface area contributed by atoms with E-state index in [2.05, 4.69) is 0 Å². The van der Waals surface area contributed by atoms with E-state index in [1.807, 2.05) is 31.1 Å². The van der Waals surface area contributed by atoms with E-state index >= 15 is 0 Å². The molecule has 0 radical (unpaired) electrons. The van der Waals surface area contributed by atoms with Gasteiger partial charge in [-0.15, -0.1) is 0 Å². The maximum Gasteiger partial charge on any atom is 0.167 e. The van der Waals surface area contributed by atoms with Crippen molar-refractivity contribution in [1.82, 2.24) is 0 Å². The van der Waals surface area contributed by atoms with Crippen LogP contribution in [-0.2, 0) is 6.42 Å². The predicted molar refractivity (Wildman–Crippen MR) is 80.2 cm³/mol. The molecule has 2 nitrogen and oxygen atoms in total. The fourth-order valence-corrected chi connectivity index (χ4v) is 2.12. The molecule has 0 saturated heterocycles. The van der Waals surface area contributed by atoms with Gasteiger partial charge in [0, 0.05) is 36.8 Å². The van der Waals surface area contributed by atoms with Crippen molar-refractivity contribution in [2.24, 2.45) is 0 Å². The Morgan fingerprint density at radius 2 is 1.80 bits per heavy atom. The lowest BCUT2D eigenvalue weighted by molar-refractivity contribution is 0.0993. The van der Waals surface area contributed by atoms with Crippen LogP contribution in [0.5, 0.6) is 0 Å². The van der Waals surface area contributed by atoms with E-state index in [0.717, 1.165) is 5.69 Å². The van der Waals surface area contributed by atoms with Crippen molar-refractivity contribution in [2.75, 3.05) is 19.0 Å². The minimum absolute atomic E-state index is 0.0381. The number of hydrogen-bond donors (Lipinski definition) is 0. The molecule has 2 rings (SSSR count). The van der Waals surface area contributed by atoms with E-state index in [0.29, 0.717) is 11.1 Å². The lowest BCUT2D eigenvalue weighted by Gasteiger charge is -2.12. The Balaban J connectivity index is 2.15. The second kappa shape index (κ2) is 6.06. The molecule has 0 N–H and O–H groups in total. The zero-order chi connectivity index (χ0) is 14.7. The molecule has 2 aromatic carbocycles. The Labute approximate surface area is 122 Å². The van der Waals surface area contributed by atoms with Gasteiger partial charge in [-0.05, 0) is 42.0 Å². The fraction of sp³-hybridized carbons (Fsp3) is 0.188. The number of carbonyl (C=O) groups is 1. The number of anilines is 1. The standard InChI is InChI=1S/C16H15ClFNO/c1-19(2)14-7-4-11(5-8-14)16(20)9-12-3-6-13(18)10-15(12)17/h3-8,10H,9H2,1-2H3. The smallest absolute Gasteiger partial charge is 0.167 e. The minimum Gasteiger partial charge on any atom is -0.378 e. The highest BCUT2D eigenvalue weighted by Gasteiger charge is 2.10. The number of halogens is 2. The van der Waals surface area contributed by atoms with Crippen molar-refractivity contribution >= 4 is 23.1 Å². The monoisotopic (exact) mass is 291 g/mol. The highest BCUT2D eigenvalue weighted by atomic mass is 35.5. The molecule has 0 aliphatic heterocycles. The average molecular weight is 292 g/mol. The Morgan fingerprint density at radius 3 is 2.35 bits per heavy atom. The van der Waals surface area contributed by atoms with Crippen LogP contribution in [0.3, 0.4) is 0 Å². The van der Waals surface area contributed by atoms with Crippen molar-refractivity contribution in [3.63, 3.8) is 0 Å². The van der Waals surface area contributed by atoms with Crippen molar-refractivity contribution < 1.29 is 9.18 Å². The van der Waals surface area contributed by atoms with Crippen molar-refractivity contribution in [1.29, 1.82) is 0 Å². The summed E-state index contributed by atoms with van der Waals surface area (Å²) < 4.78 is 13.0. The summed E-state index contributed by atoms with van der Waals surface area (Å²) in [6, 6.07) is 11.4. The molecule has 0 spiro atoms. The molecule has 0 aliphatic rings. The number of benzene rings is 2. The molecule has 104 valence electrons. The summed E-state index contributed by atoms with van der Waals surface area (Å²) in [4.78, 5) is 14.1. The number of Topliss-reactive ketones (excluding diaryl/α,β-unsaturated/α-hetero) is 1. The van der Waals surface area contributed by atoms with E-state index in [1.54, 1.807) is 18.2 Å². The number of rotatable bonds is 4. The van der Waals surface area contributed by atoms with Gasteiger partial charge in [0.05, 0.1) is 0 Å². The van der Waals surface area contributed by atoms with Crippen LogP contribution in [0.2, 0.25) is 5.02 Å². The van der Waals surface area contributed by atoms with Crippen LogP contribution < -0.4 is 4.90 Å². The number of carbonyl (C=O) groups excluding carboxylic acids is 1. The lowest BCUT2D eigenvalue weighted by Crippen LogP contribution is -2.09. The Bertz CT molecular complexity index is 623. The first-order valence-corrected chi connectivity index (χ1v) is 6.59. The van der Waals surface area contributed by atoms with Gasteiger partial charge in [0.1, 0.15) is 5.82 Å². The van der Waals surface area contributed by atoms with Gasteiger partial charge in [-0.25, -0.2) is 4.39 Å². The summed E-state index contributed by atoms with van der Waals surface area (Å²) in [7, 11) is 3.88. The molecule has 0 bridgehead atoms. The second-order valence-corrected chi connectivity index (χ2v) is 5.18. The molecule has 0 atom stereocenters. The molecule has 4 heteroatoms. The topological polar surface area (TPSA) is 20.3 Å². The maximum absolute atomic E-state index is 13.0. The van der Waals surface area contributed by atoms with E-state index in [9.17, 15) is 9.18 Å². The second-order valence-electron chi connectivity index (χ2n) is 4.78. The molecule has 0 saturated carbocycles. The van der Waals surface area contributed by atoms with Crippen LogP contribution in [0.25, 0.3) is 0 Å². The third kappa shape index (κ3) is 3.36. The lowest BCUT2D eigenvalue weighted by atomic mass is 10.0. The molecule has 0 fully saturated rings. The molecule has 0 amide bonds. The van der Waals surface area contributed by atoms with Gasteiger partial charge in [-0.3, -0.25) is 4.79 Å². The number of ketones is 1. The highest BCUT2D eigenvalue weighted by Crippen LogP contribution is 2.20. The molecule has 0 heterocycles. The summed E-state index contributed by atoms with van der Waals surface area (Å²) in [6.45, 7) is 0. The zero-order valence-electron chi connectivity index (χ0n) is 11.4. The van der Waals surface area contributed by atoms with Crippen LogP contribution >= 0.6 is 11.6 Å². The van der Waals surface area contributed by atoms with E-state index in [1.165, 1.54) is 12.1 Å². The Kier molecular flexibility index (Phi) is 4.40. The van der Waals surface area contributed by atoms with Crippen LogP contribution in [0.4, 0.5) is 10.1 Å². The van der Waals surface area contributed by atoms with Crippen molar-refractivity contribution in [2.45, 2.75) is 6.42 Å². The van der Waals surface area contributed by atoms with Crippen LogP contribution in [-0.4, -0.2) is 19.9 Å². The summed E-state index contributed by atoms with van der Waals surface area (Å²) in [5.41, 5.74) is 2.28. The van der Waals surface area contributed by atoms with E-state index in [4.69, 9.17) is 11.6 Å². The van der Waals surface area contributed by atoms with Gasteiger partial charge in [0.15, 0.2) is 5.78 Å². The van der Waals surface area contributed by atoms with E-state index < -0.39 is 5.82 Å². The first kappa shape index (κ1) is 14.5. The van der Waals surface area contributed by atoms with Gasteiger partial charge >= 0.3 is 0 Å². The Hall–Kier alpha value is -1.87. The first-order valence-electron chi connectivity index (χ1n) is 6.22. The van der Waals surface area contributed by atoms with E-state index in [-0.39, 0.29) is 17.2 Å². The minimum atomic E-state index is -0.401.